The molecular formula is C15H18N4O3. The molecule has 1 aliphatic heterocycles. The fourth-order valence-electron chi connectivity index (χ4n) is 2.65. The molecular weight excluding hydrogens is 284 g/mol. The van der Waals surface area contributed by atoms with Gasteiger partial charge in [-0.15, -0.1) is 0 Å². The monoisotopic (exact) mass is 302 g/mol. The number of aromatic amines is 1. The third-order valence-electron chi connectivity index (χ3n) is 3.86. The Balaban J connectivity index is 1.79. The Morgan fingerprint density at radius 1 is 1.55 bits per heavy atom. The number of carbonyl (C=O) groups is 2. The third kappa shape index (κ3) is 2.55. The number of amides is 2. The van der Waals surface area contributed by atoms with Crippen LogP contribution in [0.4, 0.5) is 5.82 Å². The topological polar surface area (TPSA) is 98.3 Å². The molecule has 22 heavy (non-hydrogen) atoms. The Morgan fingerprint density at radius 2 is 2.32 bits per heavy atom. The number of para-hydroxylation sites is 1. The van der Waals surface area contributed by atoms with E-state index in [4.69, 9.17) is 5.11 Å². The van der Waals surface area contributed by atoms with Gasteiger partial charge in [0.05, 0.1) is 18.0 Å². The number of carbonyl (C=O) groups excluding carboxylic acids is 2. The molecule has 116 valence electrons. The fraction of sp³-hybridized carbons (Fsp3) is 0.400. The van der Waals surface area contributed by atoms with Crippen LogP contribution >= 0.6 is 0 Å². The molecule has 1 fully saturated rings. The number of anilines is 1. The van der Waals surface area contributed by atoms with Crippen LogP contribution in [0.25, 0.3) is 10.9 Å². The molecule has 3 rings (SSSR count). The van der Waals surface area contributed by atoms with Gasteiger partial charge in [-0.2, -0.15) is 5.10 Å². The summed E-state index contributed by atoms with van der Waals surface area (Å²) in [5.74, 6) is -0.186. The van der Waals surface area contributed by atoms with Crippen LogP contribution in [0, 0.1) is 5.92 Å². The highest BCUT2D eigenvalue weighted by molar-refractivity contribution is 6.05. The molecule has 0 bridgehead atoms. The number of aliphatic hydroxyl groups excluding tert-OH is 1. The summed E-state index contributed by atoms with van der Waals surface area (Å²) in [5, 5.41) is 19.7. The van der Waals surface area contributed by atoms with Gasteiger partial charge in [0, 0.05) is 24.4 Å². The number of fused-ring (bicyclic) bond motifs is 1. The van der Waals surface area contributed by atoms with Crippen LogP contribution in [-0.2, 0) is 9.59 Å². The first-order valence-corrected chi connectivity index (χ1v) is 7.25. The van der Waals surface area contributed by atoms with Crippen molar-refractivity contribution in [3.05, 3.63) is 24.3 Å². The van der Waals surface area contributed by atoms with Crippen LogP contribution < -0.4 is 10.2 Å². The minimum absolute atomic E-state index is 0.117. The lowest BCUT2D eigenvalue weighted by molar-refractivity contribution is -0.127. The molecule has 1 aromatic carbocycles. The van der Waals surface area contributed by atoms with Gasteiger partial charge in [-0.3, -0.25) is 19.6 Å². The second-order valence-corrected chi connectivity index (χ2v) is 5.59. The van der Waals surface area contributed by atoms with Gasteiger partial charge in [0.15, 0.2) is 5.82 Å². The highest BCUT2D eigenvalue weighted by atomic mass is 16.3. The molecule has 2 aromatic rings. The quantitative estimate of drug-likeness (QED) is 0.762. The maximum Gasteiger partial charge on any atom is 0.229 e. The van der Waals surface area contributed by atoms with Gasteiger partial charge in [-0.25, -0.2) is 0 Å². The number of rotatable bonds is 4. The van der Waals surface area contributed by atoms with Crippen LogP contribution in [0.1, 0.15) is 13.3 Å². The molecule has 2 amide bonds. The van der Waals surface area contributed by atoms with Crippen molar-refractivity contribution < 1.29 is 14.7 Å². The van der Waals surface area contributed by atoms with E-state index in [0.717, 1.165) is 10.9 Å². The Labute approximate surface area is 127 Å². The number of aromatic nitrogens is 2. The number of benzene rings is 1. The largest absolute Gasteiger partial charge is 0.394 e. The van der Waals surface area contributed by atoms with Crippen molar-refractivity contribution in [2.24, 2.45) is 5.92 Å². The lowest BCUT2D eigenvalue weighted by Gasteiger charge is -2.16. The molecule has 0 spiro atoms. The van der Waals surface area contributed by atoms with Crippen LogP contribution in [0.15, 0.2) is 24.3 Å². The van der Waals surface area contributed by atoms with Crippen molar-refractivity contribution in [3.8, 4) is 0 Å². The standard InChI is InChI=1S/C15H18N4O3/c1-9(8-20)16-15(22)10-6-13(21)19(7-10)14-11-4-2-3-5-12(11)17-18-14/h2-5,9-10,20H,6-8H2,1H3,(H,16,22)(H,17,18)/t9-,10-/m0/s1. The molecule has 1 aliphatic rings. The molecule has 7 nitrogen and oxygen atoms in total. The Hall–Kier alpha value is -2.41. The van der Waals surface area contributed by atoms with Crippen LogP contribution in [0.5, 0.6) is 0 Å². The number of H-pyrrole nitrogens is 1. The summed E-state index contributed by atoms with van der Waals surface area (Å²) in [6.07, 6.45) is 0.158. The maximum absolute atomic E-state index is 12.2. The van der Waals surface area contributed by atoms with Gasteiger partial charge in [0.1, 0.15) is 0 Å². The molecule has 3 N–H and O–H groups in total. The van der Waals surface area contributed by atoms with Crippen molar-refractivity contribution in [1.82, 2.24) is 15.5 Å². The molecule has 2 heterocycles. The van der Waals surface area contributed by atoms with Crippen molar-refractivity contribution in [3.63, 3.8) is 0 Å². The van der Waals surface area contributed by atoms with E-state index in [1.807, 2.05) is 24.3 Å². The van der Waals surface area contributed by atoms with E-state index in [-0.39, 0.29) is 30.9 Å². The summed E-state index contributed by atoms with van der Waals surface area (Å²) in [5.41, 5.74) is 0.854. The number of hydrogen-bond donors (Lipinski definition) is 3. The second kappa shape index (κ2) is 5.76. The van der Waals surface area contributed by atoms with Gasteiger partial charge < -0.3 is 10.4 Å². The first kappa shape index (κ1) is 14.5. The van der Waals surface area contributed by atoms with E-state index in [2.05, 4.69) is 15.5 Å². The zero-order chi connectivity index (χ0) is 15.7. The van der Waals surface area contributed by atoms with E-state index in [9.17, 15) is 9.59 Å². The lowest BCUT2D eigenvalue weighted by atomic mass is 10.1. The third-order valence-corrected chi connectivity index (χ3v) is 3.86. The molecule has 1 aromatic heterocycles. The summed E-state index contributed by atoms with van der Waals surface area (Å²) >= 11 is 0. The Kier molecular flexibility index (Phi) is 3.81. The SMILES string of the molecule is C[C@@H](CO)NC(=O)[C@H]1CC(=O)N(c2n[nH]c3ccccc23)C1. The first-order valence-electron chi connectivity index (χ1n) is 7.25. The van der Waals surface area contributed by atoms with E-state index in [1.165, 1.54) is 0 Å². The average molecular weight is 302 g/mol. The summed E-state index contributed by atoms with van der Waals surface area (Å²) in [6.45, 7) is 1.89. The molecule has 2 atom stereocenters. The summed E-state index contributed by atoms with van der Waals surface area (Å²) in [4.78, 5) is 25.9. The summed E-state index contributed by atoms with van der Waals surface area (Å²) in [6, 6.07) is 7.24. The summed E-state index contributed by atoms with van der Waals surface area (Å²) < 4.78 is 0. The normalized spacial score (nSPS) is 19.6. The van der Waals surface area contributed by atoms with Crippen molar-refractivity contribution in [1.29, 1.82) is 0 Å². The van der Waals surface area contributed by atoms with Crippen LogP contribution in [0.2, 0.25) is 0 Å². The van der Waals surface area contributed by atoms with Gasteiger partial charge in [0.2, 0.25) is 11.8 Å². The van der Waals surface area contributed by atoms with E-state index < -0.39 is 5.92 Å². The fourth-order valence-corrected chi connectivity index (χ4v) is 2.65. The number of aliphatic hydroxyl groups is 1. The molecule has 7 heteroatoms. The molecule has 1 saturated heterocycles. The van der Waals surface area contributed by atoms with Crippen molar-refractivity contribution in [2.45, 2.75) is 19.4 Å². The van der Waals surface area contributed by atoms with Crippen molar-refractivity contribution >= 4 is 28.5 Å². The zero-order valence-electron chi connectivity index (χ0n) is 12.2. The highest BCUT2D eigenvalue weighted by Crippen LogP contribution is 2.29. The Bertz CT molecular complexity index is 712. The predicted molar refractivity (Wildman–Crippen MR) is 81.2 cm³/mol. The zero-order valence-corrected chi connectivity index (χ0v) is 12.2. The minimum atomic E-state index is -0.419. The van der Waals surface area contributed by atoms with Crippen LogP contribution in [-0.4, -0.2) is 46.3 Å². The molecule has 0 radical (unpaired) electrons. The number of nitrogens with one attached hydrogen (secondary N) is 2. The first-order chi connectivity index (χ1) is 10.6. The van der Waals surface area contributed by atoms with Crippen LogP contribution in [0.3, 0.4) is 0 Å². The van der Waals surface area contributed by atoms with Crippen molar-refractivity contribution in [2.75, 3.05) is 18.1 Å². The number of nitrogens with zero attached hydrogens (tertiary/aromatic N) is 2. The van der Waals surface area contributed by atoms with Gasteiger partial charge in [-0.1, -0.05) is 12.1 Å². The van der Waals surface area contributed by atoms with Gasteiger partial charge in [0.25, 0.3) is 0 Å². The average Bonchev–Trinajstić information content (AvgIpc) is 3.10. The minimum Gasteiger partial charge on any atom is -0.394 e. The van der Waals surface area contributed by atoms with Gasteiger partial charge in [-0.05, 0) is 19.1 Å². The Morgan fingerprint density at radius 3 is 3.09 bits per heavy atom. The smallest absolute Gasteiger partial charge is 0.229 e. The van der Waals surface area contributed by atoms with Gasteiger partial charge >= 0.3 is 0 Å². The second-order valence-electron chi connectivity index (χ2n) is 5.59. The predicted octanol–water partition coefficient (Wildman–Crippen LogP) is 0.413. The van der Waals surface area contributed by atoms with E-state index >= 15 is 0 Å². The molecule has 0 unspecified atom stereocenters. The molecule has 0 saturated carbocycles. The summed E-state index contributed by atoms with van der Waals surface area (Å²) in [7, 11) is 0. The van der Waals surface area contributed by atoms with E-state index in [0.29, 0.717) is 12.4 Å². The molecule has 0 aliphatic carbocycles. The number of hydrogen-bond acceptors (Lipinski definition) is 4. The highest BCUT2D eigenvalue weighted by Gasteiger charge is 2.37. The maximum atomic E-state index is 12.2. The van der Waals surface area contributed by atoms with E-state index in [1.54, 1.807) is 11.8 Å². The lowest BCUT2D eigenvalue weighted by Crippen LogP contribution is -2.40.